The van der Waals surface area contributed by atoms with Crippen molar-refractivity contribution in [1.82, 2.24) is 14.5 Å². The van der Waals surface area contributed by atoms with E-state index in [0.717, 1.165) is 11.6 Å². The van der Waals surface area contributed by atoms with Gasteiger partial charge in [-0.1, -0.05) is 31.8 Å². The molecule has 0 fully saturated rings. The van der Waals surface area contributed by atoms with Gasteiger partial charge in [0.1, 0.15) is 18.4 Å². The number of carbonyl (C=O) groups excluding carboxylic acids is 1. The lowest BCUT2D eigenvalue weighted by Crippen LogP contribution is -2.22. The predicted molar refractivity (Wildman–Crippen MR) is 106 cm³/mol. The Kier molecular flexibility index (Phi) is 6.35. The molecule has 0 aliphatic heterocycles. The van der Waals surface area contributed by atoms with Crippen molar-refractivity contribution in [1.29, 1.82) is 5.26 Å². The lowest BCUT2D eigenvalue weighted by Gasteiger charge is -2.16. The molecule has 0 unspecified atom stereocenters. The number of hydrogen-bond acceptors (Lipinski definition) is 5. The Balaban J connectivity index is 2.34. The highest BCUT2D eigenvalue weighted by molar-refractivity contribution is 6.76. The SMILES string of the molecule is CN(C)/C=C(/C#N)C(=O)c1nc2ccccc2n1COCC[Si](C)(C)C. The Morgan fingerprint density at radius 1 is 1.35 bits per heavy atom. The van der Waals surface area contributed by atoms with Gasteiger partial charge in [0.2, 0.25) is 5.78 Å². The number of rotatable bonds is 8. The minimum atomic E-state index is -1.18. The van der Waals surface area contributed by atoms with E-state index in [4.69, 9.17) is 4.74 Å². The number of ether oxygens (including phenoxy) is 1. The first kappa shape index (κ1) is 19.9. The van der Waals surface area contributed by atoms with Gasteiger partial charge in [0.25, 0.3) is 0 Å². The lowest BCUT2D eigenvalue weighted by atomic mass is 10.2. The fourth-order valence-corrected chi connectivity index (χ4v) is 3.19. The van der Waals surface area contributed by atoms with Crippen LogP contribution in [0, 0.1) is 11.3 Å². The summed E-state index contributed by atoms with van der Waals surface area (Å²) >= 11 is 0. The summed E-state index contributed by atoms with van der Waals surface area (Å²) in [5.74, 6) is -0.167. The van der Waals surface area contributed by atoms with Gasteiger partial charge in [0.05, 0.1) is 11.0 Å². The summed E-state index contributed by atoms with van der Waals surface area (Å²) in [5, 5.41) is 9.35. The van der Waals surface area contributed by atoms with Crippen molar-refractivity contribution in [3.05, 3.63) is 41.9 Å². The van der Waals surface area contributed by atoms with E-state index in [1.54, 1.807) is 23.6 Å². The molecule has 7 heteroatoms. The topological polar surface area (TPSA) is 71.2 Å². The maximum Gasteiger partial charge on any atom is 0.240 e. The van der Waals surface area contributed by atoms with Gasteiger partial charge < -0.3 is 9.64 Å². The Bertz CT molecular complexity index is 857. The molecule has 0 radical (unpaired) electrons. The molecule has 0 aliphatic rings. The molecule has 0 N–H and O–H groups in total. The molecule has 2 rings (SSSR count). The minimum absolute atomic E-state index is 0.0497. The van der Waals surface area contributed by atoms with Crippen LogP contribution in [-0.4, -0.2) is 49.0 Å². The molecule has 6 nitrogen and oxygen atoms in total. The van der Waals surface area contributed by atoms with Crippen LogP contribution in [0.1, 0.15) is 10.6 Å². The molecule has 0 spiro atoms. The second-order valence-corrected chi connectivity index (χ2v) is 13.3. The molecule has 0 aliphatic carbocycles. The van der Waals surface area contributed by atoms with Crippen molar-refractivity contribution in [3.8, 4) is 6.07 Å². The number of fused-ring (bicyclic) bond motifs is 1. The van der Waals surface area contributed by atoms with E-state index >= 15 is 0 Å². The van der Waals surface area contributed by atoms with E-state index in [2.05, 4.69) is 24.6 Å². The Hall–Kier alpha value is -2.43. The smallest absolute Gasteiger partial charge is 0.240 e. The summed E-state index contributed by atoms with van der Waals surface area (Å²) in [6.45, 7) is 7.77. The highest BCUT2D eigenvalue weighted by Crippen LogP contribution is 2.19. The Morgan fingerprint density at radius 2 is 2.04 bits per heavy atom. The molecule has 26 heavy (non-hydrogen) atoms. The van der Waals surface area contributed by atoms with E-state index in [0.29, 0.717) is 12.1 Å². The third-order valence-corrected chi connectivity index (χ3v) is 5.53. The average molecular weight is 371 g/mol. The second kappa shape index (κ2) is 8.30. The maximum absolute atomic E-state index is 12.8. The first-order valence-electron chi connectivity index (χ1n) is 8.59. The fourth-order valence-electron chi connectivity index (χ4n) is 2.43. The fraction of sp³-hybridized carbons (Fsp3) is 0.421. The monoisotopic (exact) mass is 370 g/mol. The van der Waals surface area contributed by atoms with E-state index in [1.807, 2.05) is 30.3 Å². The van der Waals surface area contributed by atoms with Crippen LogP contribution in [0.25, 0.3) is 11.0 Å². The number of benzene rings is 1. The summed E-state index contributed by atoms with van der Waals surface area (Å²) in [6, 6.07) is 10.6. The molecule has 138 valence electrons. The third kappa shape index (κ3) is 5.03. The number of nitriles is 1. The molecule has 0 amide bonds. The zero-order chi connectivity index (χ0) is 19.3. The summed E-state index contributed by atoms with van der Waals surface area (Å²) in [6.07, 6.45) is 1.51. The van der Waals surface area contributed by atoms with Crippen LogP contribution < -0.4 is 0 Å². The van der Waals surface area contributed by atoms with Crippen LogP contribution in [0.2, 0.25) is 25.7 Å². The quantitative estimate of drug-likeness (QED) is 0.234. The maximum atomic E-state index is 12.8. The third-order valence-electron chi connectivity index (χ3n) is 3.83. The largest absolute Gasteiger partial charge is 0.382 e. The van der Waals surface area contributed by atoms with Gasteiger partial charge in [-0.15, -0.1) is 0 Å². The van der Waals surface area contributed by atoms with Crippen LogP contribution >= 0.6 is 0 Å². The van der Waals surface area contributed by atoms with E-state index < -0.39 is 13.9 Å². The van der Waals surface area contributed by atoms with Crippen LogP contribution in [0.3, 0.4) is 0 Å². The molecule has 0 atom stereocenters. The zero-order valence-electron chi connectivity index (χ0n) is 16.1. The molecule has 0 saturated heterocycles. The molecule has 1 heterocycles. The van der Waals surface area contributed by atoms with Crippen LogP contribution in [0.5, 0.6) is 0 Å². The van der Waals surface area contributed by atoms with Gasteiger partial charge in [-0.3, -0.25) is 9.36 Å². The van der Waals surface area contributed by atoms with Crippen molar-refractivity contribution in [3.63, 3.8) is 0 Å². The summed E-state index contributed by atoms with van der Waals surface area (Å²) in [4.78, 5) is 19.0. The standard InChI is InChI=1S/C19H26N4O2Si/c1-22(2)13-15(12-20)18(24)19-21-16-8-6-7-9-17(16)23(19)14-25-10-11-26(3,4)5/h6-9,13H,10-11,14H2,1-5H3/b15-13-. The number of ketones is 1. The first-order chi connectivity index (χ1) is 12.2. The van der Waals surface area contributed by atoms with Gasteiger partial charge in [-0.2, -0.15) is 5.26 Å². The first-order valence-corrected chi connectivity index (χ1v) is 12.3. The molecule has 0 saturated carbocycles. The molecular weight excluding hydrogens is 344 g/mol. The Morgan fingerprint density at radius 3 is 2.65 bits per heavy atom. The summed E-state index contributed by atoms with van der Waals surface area (Å²) in [7, 11) is 2.36. The van der Waals surface area contributed by atoms with Gasteiger partial charge in [0, 0.05) is 35.0 Å². The predicted octanol–water partition coefficient (Wildman–Crippen LogP) is 3.50. The van der Waals surface area contributed by atoms with Crippen LogP contribution in [-0.2, 0) is 11.5 Å². The molecule has 2 aromatic rings. The molecule has 1 aromatic carbocycles. The molecule has 1 aromatic heterocycles. The summed E-state index contributed by atoms with van der Waals surface area (Å²) < 4.78 is 7.59. The highest BCUT2D eigenvalue weighted by Gasteiger charge is 2.21. The van der Waals surface area contributed by atoms with Gasteiger partial charge in [-0.25, -0.2) is 4.98 Å². The van der Waals surface area contributed by atoms with Crippen LogP contribution in [0.15, 0.2) is 36.0 Å². The lowest BCUT2D eigenvalue weighted by molar-refractivity contribution is 0.0834. The van der Waals surface area contributed by atoms with Crippen LogP contribution in [0.4, 0.5) is 0 Å². The van der Waals surface area contributed by atoms with Crippen molar-refractivity contribution >= 4 is 24.9 Å². The van der Waals surface area contributed by atoms with Gasteiger partial charge >= 0.3 is 0 Å². The highest BCUT2D eigenvalue weighted by atomic mass is 28.3. The number of aromatic nitrogens is 2. The number of para-hydroxylation sites is 2. The van der Waals surface area contributed by atoms with E-state index in [-0.39, 0.29) is 18.1 Å². The van der Waals surface area contributed by atoms with E-state index in [9.17, 15) is 10.1 Å². The van der Waals surface area contributed by atoms with Crippen molar-refractivity contribution in [2.45, 2.75) is 32.4 Å². The normalized spacial score (nSPS) is 12.2. The van der Waals surface area contributed by atoms with E-state index in [1.165, 1.54) is 6.20 Å². The Labute approximate surface area is 155 Å². The average Bonchev–Trinajstić information content (AvgIpc) is 2.93. The number of carbonyl (C=O) groups is 1. The van der Waals surface area contributed by atoms with Gasteiger partial charge in [0.15, 0.2) is 5.82 Å². The van der Waals surface area contributed by atoms with Crippen molar-refractivity contribution in [2.24, 2.45) is 0 Å². The zero-order valence-corrected chi connectivity index (χ0v) is 17.1. The number of imidazole rings is 1. The van der Waals surface area contributed by atoms with Crippen molar-refractivity contribution in [2.75, 3.05) is 20.7 Å². The molecular formula is C19H26N4O2Si. The molecule has 0 bridgehead atoms. The minimum Gasteiger partial charge on any atom is -0.382 e. The summed E-state index contributed by atoms with van der Waals surface area (Å²) in [5.41, 5.74) is 1.59. The second-order valence-electron chi connectivity index (χ2n) is 7.65. The number of nitrogens with zero attached hydrogens (tertiary/aromatic N) is 4. The number of hydrogen-bond donors (Lipinski definition) is 0. The number of allylic oxidation sites excluding steroid dienone is 1. The number of Topliss-reactive ketones (excluding diaryl/α,β-unsaturated/α-hetero) is 1. The van der Waals surface area contributed by atoms with Crippen molar-refractivity contribution < 1.29 is 9.53 Å². The van der Waals surface area contributed by atoms with Gasteiger partial charge in [-0.05, 0) is 18.2 Å².